The average Bonchev–Trinajstić information content (AvgIpc) is 3.08. The van der Waals surface area contributed by atoms with Gasteiger partial charge in [-0.25, -0.2) is 9.97 Å². The van der Waals surface area contributed by atoms with E-state index in [9.17, 15) is 0 Å². The zero-order valence-corrected chi connectivity index (χ0v) is 13.0. The fourth-order valence-electron chi connectivity index (χ4n) is 2.58. The van der Waals surface area contributed by atoms with E-state index in [2.05, 4.69) is 25.5 Å². The molecule has 2 aromatic carbocycles. The molecule has 0 fully saturated rings. The van der Waals surface area contributed by atoms with Crippen molar-refractivity contribution in [3.63, 3.8) is 0 Å². The van der Waals surface area contributed by atoms with Crippen LogP contribution >= 0.6 is 0 Å². The standard InChI is InChI=1S/C18H15N5O/c1-24-14-9-7-12(8-10-14)16-15-17(19-11-20-18(15)23-22-16)21-13-5-3-2-4-6-13/h2-11H,1H3,(H2,19,20,21,22,23). The van der Waals surface area contributed by atoms with Crippen molar-refractivity contribution < 1.29 is 4.74 Å². The van der Waals surface area contributed by atoms with Crippen LogP contribution in [0.25, 0.3) is 22.3 Å². The van der Waals surface area contributed by atoms with Gasteiger partial charge in [-0.2, -0.15) is 5.10 Å². The van der Waals surface area contributed by atoms with Crippen molar-refractivity contribution in [1.82, 2.24) is 20.2 Å². The number of hydrogen-bond donors (Lipinski definition) is 2. The van der Waals surface area contributed by atoms with Gasteiger partial charge < -0.3 is 10.1 Å². The van der Waals surface area contributed by atoms with Crippen molar-refractivity contribution >= 4 is 22.5 Å². The number of nitrogens with zero attached hydrogens (tertiary/aromatic N) is 3. The molecule has 4 rings (SSSR count). The molecule has 2 aromatic heterocycles. The molecule has 0 atom stereocenters. The molecule has 0 aliphatic rings. The fourth-order valence-corrected chi connectivity index (χ4v) is 2.58. The molecule has 2 N–H and O–H groups in total. The maximum absolute atomic E-state index is 5.21. The molecule has 0 aliphatic carbocycles. The second-order valence-corrected chi connectivity index (χ2v) is 5.24. The Morgan fingerprint density at radius 3 is 2.50 bits per heavy atom. The van der Waals surface area contributed by atoms with Gasteiger partial charge in [0, 0.05) is 11.3 Å². The second-order valence-electron chi connectivity index (χ2n) is 5.24. The van der Waals surface area contributed by atoms with Crippen molar-refractivity contribution in [1.29, 1.82) is 0 Å². The Labute approximate surface area is 138 Å². The van der Waals surface area contributed by atoms with E-state index >= 15 is 0 Å². The predicted molar refractivity (Wildman–Crippen MR) is 93.4 cm³/mol. The number of ether oxygens (including phenoxy) is 1. The molecule has 4 aromatic rings. The number of aromatic nitrogens is 4. The Hall–Kier alpha value is -3.41. The second kappa shape index (κ2) is 6.00. The number of aromatic amines is 1. The molecule has 0 spiro atoms. The zero-order valence-electron chi connectivity index (χ0n) is 13.0. The number of anilines is 2. The van der Waals surface area contributed by atoms with Crippen LogP contribution in [0.5, 0.6) is 5.75 Å². The van der Waals surface area contributed by atoms with Crippen LogP contribution in [0, 0.1) is 0 Å². The number of rotatable bonds is 4. The minimum atomic E-state index is 0.620. The number of H-pyrrole nitrogens is 1. The van der Waals surface area contributed by atoms with E-state index in [0.29, 0.717) is 11.5 Å². The number of benzene rings is 2. The van der Waals surface area contributed by atoms with Gasteiger partial charge in [0.2, 0.25) is 0 Å². The molecule has 0 bridgehead atoms. The molecule has 118 valence electrons. The topological polar surface area (TPSA) is 75.7 Å². The molecule has 0 saturated carbocycles. The molecule has 6 heteroatoms. The van der Waals surface area contributed by atoms with Crippen molar-refractivity contribution in [2.24, 2.45) is 0 Å². The monoisotopic (exact) mass is 317 g/mol. The number of para-hydroxylation sites is 1. The first-order chi connectivity index (χ1) is 11.8. The maximum atomic E-state index is 5.21. The predicted octanol–water partition coefficient (Wildman–Crippen LogP) is 3.77. The van der Waals surface area contributed by atoms with E-state index in [4.69, 9.17) is 4.74 Å². The van der Waals surface area contributed by atoms with E-state index < -0.39 is 0 Å². The minimum absolute atomic E-state index is 0.620. The van der Waals surface area contributed by atoms with Crippen molar-refractivity contribution in [2.75, 3.05) is 12.4 Å². The first-order valence-electron chi connectivity index (χ1n) is 7.51. The number of methoxy groups -OCH3 is 1. The van der Waals surface area contributed by atoms with Crippen LogP contribution in [0.4, 0.5) is 11.5 Å². The molecule has 0 amide bonds. The first kappa shape index (κ1) is 14.2. The molecule has 2 heterocycles. The SMILES string of the molecule is COc1ccc(-c2[nH]nc3ncnc(Nc4ccccc4)c23)cc1. The lowest BCUT2D eigenvalue weighted by Gasteiger charge is -2.07. The molecule has 0 aliphatic heterocycles. The van der Waals surface area contributed by atoms with Crippen LogP contribution in [-0.4, -0.2) is 27.3 Å². The summed E-state index contributed by atoms with van der Waals surface area (Å²) >= 11 is 0. The van der Waals surface area contributed by atoms with Crippen molar-refractivity contribution in [2.45, 2.75) is 0 Å². The summed E-state index contributed by atoms with van der Waals surface area (Å²) in [6.07, 6.45) is 1.51. The number of hydrogen-bond acceptors (Lipinski definition) is 5. The highest BCUT2D eigenvalue weighted by molar-refractivity contribution is 5.99. The summed E-state index contributed by atoms with van der Waals surface area (Å²) in [7, 11) is 1.65. The van der Waals surface area contributed by atoms with E-state index in [1.807, 2.05) is 54.6 Å². The minimum Gasteiger partial charge on any atom is -0.497 e. The van der Waals surface area contributed by atoms with Gasteiger partial charge in [0.05, 0.1) is 18.2 Å². The third-order valence-corrected chi connectivity index (χ3v) is 3.77. The van der Waals surface area contributed by atoms with Gasteiger partial charge in [-0.1, -0.05) is 18.2 Å². The van der Waals surface area contributed by atoms with Gasteiger partial charge in [-0.3, -0.25) is 5.10 Å². The highest BCUT2D eigenvalue weighted by Gasteiger charge is 2.14. The highest BCUT2D eigenvalue weighted by Crippen LogP contribution is 2.31. The Balaban J connectivity index is 1.82. The van der Waals surface area contributed by atoms with Gasteiger partial charge in [-0.05, 0) is 36.4 Å². The van der Waals surface area contributed by atoms with Crippen LogP contribution < -0.4 is 10.1 Å². The normalized spacial score (nSPS) is 10.7. The van der Waals surface area contributed by atoms with E-state index in [0.717, 1.165) is 28.1 Å². The molecule has 24 heavy (non-hydrogen) atoms. The maximum Gasteiger partial charge on any atom is 0.186 e. The lowest BCUT2D eigenvalue weighted by atomic mass is 10.1. The zero-order chi connectivity index (χ0) is 16.4. The molecule has 0 unspecified atom stereocenters. The van der Waals surface area contributed by atoms with Crippen LogP contribution in [0.2, 0.25) is 0 Å². The van der Waals surface area contributed by atoms with E-state index in [1.165, 1.54) is 6.33 Å². The Bertz CT molecular complexity index is 964. The molecule has 0 saturated heterocycles. The number of fused-ring (bicyclic) bond motifs is 1. The van der Waals surface area contributed by atoms with Gasteiger partial charge >= 0.3 is 0 Å². The van der Waals surface area contributed by atoms with E-state index in [-0.39, 0.29) is 0 Å². The Kier molecular flexibility index (Phi) is 3.55. The smallest absolute Gasteiger partial charge is 0.186 e. The number of nitrogens with one attached hydrogen (secondary N) is 2. The first-order valence-corrected chi connectivity index (χ1v) is 7.51. The summed E-state index contributed by atoms with van der Waals surface area (Å²) < 4.78 is 5.21. The summed E-state index contributed by atoms with van der Waals surface area (Å²) in [6, 6.07) is 17.7. The summed E-state index contributed by atoms with van der Waals surface area (Å²) in [5.74, 6) is 1.52. The largest absolute Gasteiger partial charge is 0.497 e. The summed E-state index contributed by atoms with van der Waals surface area (Å²) in [4.78, 5) is 8.63. The van der Waals surface area contributed by atoms with Crippen LogP contribution in [-0.2, 0) is 0 Å². The van der Waals surface area contributed by atoms with Crippen LogP contribution in [0.1, 0.15) is 0 Å². The Morgan fingerprint density at radius 1 is 0.958 bits per heavy atom. The molecular weight excluding hydrogens is 302 g/mol. The molecule has 6 nitrogen and oxygen atoms in total. The van der Waals surface area contributed by atoms with E-state index in [1.54, 1.807) is 7.11 Å². The highest BCUT2D eigenvalue weighted by atomic mass is 16.5. The third-order valence-electron chi connectivity index (χ3n) is 3.77. The van der Waals surface area contributed by atoms with Gasteiger partial charge in [0.25, 0.3) is 0 Å². The molecular formula is C18H15N5O. The van der Waals surface area contributed by atoms with Gasteiger partial charge in [-0.15, -0.1) is 0 Å². The fraction of sp³-hybridized carbons (Fsp3) is 0.0556. The van der Waals surface area contributed by atoms with Crippen LogP contribution in [0.15, 0.2) is 60.9 Å². The lowest BCUT2D eigenvalue weighted by molar-refractivity contribution is 0.415. The summed E-state index contributed by atoms with van der Waals surface area (Å²) in [5.41, 5.74) is 3.43. The summed E-state index contributed by atoms with van der Waals surface area (Å²) in [6.45, 7) is 0. The van der Waals surface area contributed by atoms with Gasteiger partial charge in [0.15, 0.2) is 5.65 Å². The quantitative estimate of drug-likeness (QED) is 0.599. The van der Waals surface area contributed by atoms with Crippen molar-refractivity contribution in [3.8, 4) is 17.0 Å². The Morgan fingerprint density at radius 2 is 1.75 bits per heavy atom. The molecule has 0 radical (unpaired) electrons. The average molecular weight is 317 g/mol. The van der Waals surface area contributed by atoms with Crippen LogP contribution in [0.3, 0.4) is 0 Å². The van der Waals surface area contributed by atoms with Crippen molar-refractivity contribution in [3.05, 3.63) is 60.9 Å². The lowest BCUT2D eigenvalue weighted by Crippen LogP contribution is -1.95. The third kappa shape index (κ3) is 2.54. The summed E-state index contributed by atoms with van der Waals surface area (Å²) in [5, 5.41) is 11.5. The van der Waals surface area contributed by atoms with Gasteiger partial charge in [0.1, 0.15) is 17.9 Å².